The Morgan fingerprint density at radius 1 is 1.12 bits per heavy atom. The van der Waals surface area contributed by atoms with E-state index in [4.69, 9.17) is 5.73 Å². The van der Waals surface area contributed by atoms with Crippen molar-refractivity contribution >= 4 is 11.4 Å². The normalized spacial score (nSPS) is 16.0. The summed E-state index contributed by atoms with van der Waals surface area (Å²) in [6.07, 6.45) is 8.81. The van der Waals surface area contributed by atoms with E-state index in [0.717, 1.165) is 24.5 Å². The van der Waals surface area contributed by atoms with Crippen molar-refractivity contribution in [2.24, 2.45) is 0 Å². The number of nitrogens with two attached hydrogens (primary N) is 1. The minimum absolute atomic E-state index is 0.800. The molecule has 0 atom stereocenters. The number of rotatable bonds is 1. The highest BCUT2D eigenvalue weighted by Gasteiger charge is 2.11. The lowest BCUT2D eigenvalue weighted by Crippen LogP contribution is -2.24. The molecule has 1 aromatic rings. The summed E-state index contributed by atoms with van der Waals surface area (Å²) in [5.41, 5.74) is 7.85. The van der Waals surface area contributed by atoms with E-state index < -0.39 is 0 Å². The Morgan fingerprint density at radius 2 is 1.75 bits per heavy atom. The zero-order chi connectivity index (χ0) is 11.8. The van der Waals surface area contributed by atoms with E-state index >= 15 is 0 Å². The van der Waals surface area contributed by atoms with Gasteiger partial charge in [-0.1, -0.05) is 26.7 Å². The molecule has 16 heavy (non-hydrogen) atoms. The van der Waals surface area contributed by atoms with Gasteiger partial charge in [0.05, 0.1) is 17.6 Å². The maximum absolute atomic E-state index is 5.90. The standard InChI is InChI=1S/C11H17N3.C2H6/c12-10-9-13-6-5-11(10)14-7-3-1-2-4-8-14;1-2/h5-6,9H,1-4,7-8,12H2;1-2H3. The van der Waals surface area contributed by atoms with Crippen LogP contribution < -0.4 is 10.6 Å². The van der Waals surface area contributed by atoms with Crippen LogP contribution in [0, 0.1) is 0 Å². The second-order valence-electron chi connectivity index (χ2n) is 3.84. The van der Waals surface area contributed by atoms with Crippen LogP contribution in [0.15, 0.2) is 18.5 Å². The number of nitrogen functional groups attached to an aromatic ring is 1. The van der Waals surface area contributed by atoms with Crippen molar-refractivity contribution in [3.05, 3.63) is 18.5 Å². The van der Waals surface area contributed by atoms with E-state index in [2.05, 4.69) is 9.88 Å². The number of aromatic nitrogens is 1. The van der Waals surface area contributed by atoms with E-state index in [1.807, 2.05) is 26.1 Å². The van der Waals surface area contributed by atoms with Crippen molar-refractivity contribution in [3.8, 4) is 0 Å². The summed E-state index contributed by atoms with van der Waals surface area (Å²) in [6, 6.07) is 2.01. The van der Waals surface area contributed by atoms with Crippen LogP contribution in [0.1, 0.15) is 39.5 Å². The fourth-order valence-corrected chi connectivity index (χ4v) is 2.00. The average Bonchev–Trinajstić information content (AvgIpc) is 2.61. The Labute approximate surface area is 98.7 Å². The second kappa shape index (κ2) is 7.09. The van der Waals surface area contributed by atoms with E-state index in [1.54, 1.807) is 6.20 Å². The van der Waals surface area contributed by atoms with Crippen LogP contribution in [0.5, 0.6) is 0 Å². The van der Waals surface area contributed by atoms with Gasteiger partial charge in [0.2, 0.25) is 0 Å². The van der Waals surface area contributed by atoms with Crippen molar-refractivity contribution in [1.29, 1.82) is 0 Å². The smallest absolute Gasteiger partial charge is 0.0738 e. The first kappa shape index (κ1) is 12.8. The minimum atomic E-state index is 0.800. The highest BCUT2D eigenvalue weighted by Crippen LogP contribution is 2.24. The first-order valence-corrected chi connectivity index (χ1v) is 6.32. The molecule has 2 rings (SSSR count). The molecule has 1 aliphatic rings. The molecule has 1 saturated heterocycles. The first-order valence-electron chi connectivity index (χ1n) is 6.32. The third kappa shape index (κ3) is 3.40. The van der Waals surface area contributed by atoms with Gasteiger partial charge in [-0.25, -0.2) is 0 Å². The van der Waals surface area contributed by atoms with Gasteiger partial charge in [0.25, 0.3) is 0 Å². The van der Waals surface area contributed by atoms with E-state index in [0.29, 0.717) is 0 Å². The summed E-state index contributed by atoms with van der Waals surface area (Å²) in [5.74, 6) is 0. The maximum atomic E-state index is 5.90. The Bertz CT molecular complexity index is 291. The van der Waals surface area contributed by atoms with Crippen molar-refractivity contribution < 1.29 is 0 Å². The molecule has 0 saturated carbocycles. The largest absolute Gasteiger partial charge is 0.396 e. The predicted octanol–water partition coefficient (Wildman–Crippen LogP) is 3.07. The van der Waals surface area contributed by atoms with E-state index in [9.17, 15) is 0 Å². The van der Waals surface area contributed by atoms with Gasteiger partial charge in [-0.05, 0) is 18.9 Å². The molecular weight excluding hydrogens is 198 g/mol. The zero-order valence-electron chi connectivity index (χ0n) is 10.4. The maximum Gasteiger partial charge on any atom is 0.0738 e. The van der Waals surface area contributed by atoms with Gasteiger partial charge in [0, 0.05) is 19.3 Å². The zero-order valence-corrected chi connectivity index (χ0v) is 10.4. The SMILES string of the molecule is CC.Nc1cnccc1N1CCCCCC1. The highest BCUT2D eigenvalue weighted by atomic mass is 15.1. The Morgan fingerprint density at radius 3 is 2.31 bits per heavy atom. The van der Waals surface area contributed by atoms with Gasteiger partial charge in [0.1, 0.15) is 0 Å². The van der Waals surface area contributed by atoms with Crippen LogP contribution in [0.4, 0.5) is 11.4 Å². The summed E-state index contributed by atoms with van der Waals surface area (Å²) in [6.45, 7) is 6.27. The van der Waals surface area contributed by atoms with Gasteiger partial charge >= 0.3 is 0 Å². The molecule has 90 valence electrons. The third-order valence-electron chi connectivity index (χ3n) is 2.77. The molecule has 2 heterocycles. The minimum Gasteiger partial charge on any atom is -0.396 e. The van der Waals surface area contributed by atoms with E-state index in [-0.39, 0.29) is 0 Å². The highest BCUT2D eigenvalue weighted by molar-refractivity contribution is 5.65. The molecule has 1 aliphatic heterocycles. The molecular formula is C13H23N3. The topological polar surface area (TPSA) is 42.1 Å². The molecule has 0 radical (unpaired) electrons. The molecule has 2 N–H and O–H groups in total. The van der Waals surface area contributed by atoms with E-state index in [1.165, 1.54) is 25.7 Å². The van der Waals surface area contributed by atoms with Crippen LogP contribution in [0.3, 0.4) is 0 Å². The number of hydrogen-bond acceptors (Lipinski definition) is 3. The van der Waals surface area contributed by atoms with Gasteiger partial charge in [-0.2, -0.15) is 0 Å². The summed E-state index contributed by atoms with van der Waals surface area (Å²) in [4.78, 5) is 6.39. The van der Waals surface area contributed by atoms with Crippen molar-refractivity contribution in [2.75, 3.05) is 23.7 Å². The quantitative estimate of drug-likeness (QED) is 0.792. The van der Waals surface area contributed by atoms with Crippen LogP contribution >= 0.6 is 0 Å². The summed E-state index contributed by atoms with van der Waals surface area (Å²) in [7, 11) is 0. The lowest BCUT2D eigenvalue weighted by atomic mass is 10.2. The van der Waals surface area contributed by atoms with Crippen LogP contribution in [0.25, 0.3) is 0 Å². The molecule has 1 fully saturated rings. The molecule has 0 amide bonds. The third-order valence-corrected chi connectivity index (χ3v) is 2.77. The summed E-state index contributed by atoms with van der Waals surface area (Å²) in [5, 5.41) is 0. The van der Waals surface area contributed by atoms with Gasteiger partial charge < -0.3 is 10.6 Å². The van der Waals surface area contributed by atoms with Crippen molar-refractivity contribution in [1.82, 2.24) is 4.98 Å². The summed E-state index contributed by atoms with van der Waals surface area (Å²) >= 11 is 0. The first-order chi connectivity index (χ1) is 7.88. The fourth-order valence-electron chi connectivity index (χ4n) is 2.00. The molecule has 1 aromatic heterocycles. The van der Waals surface area contributed by atoms with Crippen LogP contribution in [0.2, 0.25) is 0 Å². The van der Waals surface area contributed by atoms with Crippen molar-refractivity contribution in [3.63, 3.8) is 0 Å². The predicted molar refractivity (Wildman–Crippen MR) is 70.7 cm³/mol. The molecule has 0 unspecified atom stereocenters. The van der Waals surface area contributed by atoms with Crippen molar-refractivity contribution in [2.45, 2.75) is 39.5 Å². The molecule has 0 bridgehead atoms. The number of pyridine rings is 1. The lowest BCUT2D eigenvalue weighted by Gasteiger charge is -2.23. The monoisotopic (exact) mass is 221 g/mol. The fraction of sp³-hybridized carbons (Fsp3) is 0.615. The van der Waals surface area contributed by atoms with Gasteiger partial charge in [0.15, 0.2) is 0 Å². The molecule has 0 aliphatic carbocycles. The van der Waals surface area contributed by atoms with Crippen LogP contribution in [-0.4, -0.2) is 18.1 Å². The van der Waals surface area contributed by atoms with Crippen LogP contribution in [-0.2, 0) is 0 Å². The average molecular weight is 221 g/mol. The number of nitrogens with zero attached hydrogens (tertiary/aromatic N) is 2. The molecule has 3 heteroatoms. The van der Waals surface area contributed by atoms with Gasteiger partial charge in [-0.15, -0.1) is 0 Å². The lowest BCUT2D eigenvalue weighted by molar-refractivity contribution is 0.726. The molecule has 0 spiro atoms. The Hall–Kier alpha value is -1.25. The summed E-state index contributed by atoms with van der Waals surface area (Å²) < 4.78 is 0. The molecule has 3 nitrogen and oxygen atoms in total. The molecule has 0 aromatic carbocycles. The Balaban J connectivity index is 0.000000606. The van der Waals surface area contributed by atoms with Gasteiger partial charge in [-0.3, -0.25) is 4.98 Å². The Kier molecular flexibility index (Phi) is 5.68. The second-order valence-corrected chi connectivity index (χ2v) is 3.84. The number of hydrogen-bond donors (Lipinski definition) is 1. The number of anilines is 2.